The predicted octanol–water partition coefficient (Wildman–Crippen LogP) is 3.93. The van der Waals surface area contributed by atoms with E-state index < -0.39 is 0 Å². The van der Waals surface area contributed by atoms with Gasteiger partial charge in [-0.25, -0.2) is 4.98 Å². The standard InChI is InChI=1S/C13H19BrN2O.C5H10O2/c14-12-7-3-8-13(15-12)16-9-2-1-5-11(16)6-4-10-17;1-5(2,3)7-4-6/h3,7-8,11,17H,1-2,4-6,9-10H2;4H,1-3H3. The Kier molecular flexibility index (Phi) is 9.29. The number of aliphatic hydroxyl groups is 1. The molecule has 0 bridgehead atoms. The lowest BCUT2D eigenvalue weighted by Crippen LogP contribution is -2.40. The fourth-order valence-electron chi connectivity index (χ4n) is 2.63. The molecule has 0 amide bonds. The Morgan fingerprint density at radius 3 is 2.71 bits per heavy atom. The first-order valence-corrected chi connectivity index (χ1v) is 9.28. The van der Waals surface area contributed by atoms with Crippen LogP contribution in [0.4, 0.5) is 5.82 Å². The first-order chi connectivity index (χ1) is 11.4. The number of rotatable bonds is 5. The quantitative estimate of drug-likeness (QED) is 0.598. The molecule has 0 aromatic carbocycles. The third-order valence-corrected chi connectivity index (χ3v) is 4.16. The summed E-state index contributed by atoms with van der Waals surface area (Å²) in [5, 5.41) is 8.96. The van der Waals surface area contributed by atoms with Gasteiger partial charge in [0.1, 0.15) is 16.0 Å². The number of hydrogen-bond acceptors (Lipinski definition) is 5. The van der Waals surface area contributed by atoms with E-state index in [0.29, 0.717) is 12.5 Å². The minimum absolute atomic E-state index is 0.288. The van der Waals surface area contributed by atoms with Crippen LogP contribution >= 0.6 is 15.9 Å². The van der Waals surface area contributed by atoms with Crippen LogP contribution in [0, 0.1) is 0 Å². The molecule has 136 valence electrons. The molecular formula is C18H29BrN2O3. The van der Waals surface area contributed by atoms with Crippen LogP contribution in [-0.2, 0) is 9.53 Å². The van der Waals surface area contributed by atoms with E-state index in [9.17, 15) is 4.79 Å². The molecule has 1 aromatic rings. The first-order valence-electron chi connectivity index (χ1n) is 8.49. The van der Waals surface area contributed by atoms with Crippen LogP contribution in [0.15, 0.2) is 22.8 Å². The molecule has 0 saturated carbocycles. The third-order valence-electron chi connectivity index (χ3n) is 3.72. The minimum atomic E-state index is -0.318. The van der Waals surface area contributed by atoms with E-state index in [1.807, 2.05) is 32.9 Å². The first kappa shape index (κ1) is 20.9. The smallest absolute Gasteiger partial charge is 0.293 e. The maximum atomic E-state index is 9.60. The van der Waals surface area contributed by atoms with Gasteiger partial charge >= 0.3 is 0 Å². The van der Waals surface area contributed by atoms with Gasteiger partial charge in [-0.15, -0.1) is 0 Å². The molecule has 2 rings (SSSR count). The molecule has 1 atom stereocenters. The Hall–Kier alpha value is -1.14. The number of anilines is 1. The highest BCUT2D eigenvalue weighted by atomic mass is 79.9. The van der Waals surface area contributed by atoms with Crippen molar-refractivity contribution in [3.05, 3.63) is 22.8 Å². The molecule has 1 aliphatic rings. The van der Waals surface area contributed by atoms with E-state index in [2.05, 4.69) is 36.6 Å². The van der Waals surface area contributed by atoms with Gasteiger partial charge in [0.05, 0.1) is 0 Å². The minimum Gasteiger partial charge on any atom is -0.462 e. The van der Waals surface area contributed by atoms with Crippen LogP contribution < -0.4 is 4.90 Å². The van der Waals surface area contributed by atoms with E-state index in [-0.39, 0.29) is 12.2 Å². The summed E-state index contributed by atoms with van der Waals surface area (Å²) in [5.41, 5.74) is -0.318. The number of halogens is 1. The monoisotopic (exact) mass is 400 g/mol. The van der Waals surface area contributed by atoms with E-state index in [1.54, 1.807) is 0 Å². The molecule has 1 unspecified atom stereocenters. The second-order valence-electron chi connectivity index (χ2n) is 6.85. The SMILES string of the molecule is CC(C)(C)OC=O.OCCCC1CCCCN1c1cccc(Br)n1. The van der Waals surface area contributed by atoms with Crippen molar-refractivity contribution in [3.63, 3.8) is 0 Å². The Labute approximate surface area is 153 Å². The van der Waals surface area contributed by atoms with Gasteiger partial charge in [0.15, 0.2) is 0 Å². The largest absolute Gasteiger partial charge is 0.462 e. The number of ether oxygens (including phenoxy) is 1. The molecule has 1 saturated heterocycles. The van der Waals surface area contributed by atoms with Crippen LogP contribution in [-0.4, -0.2) is 41.4 Å². The van der Waals surface area contributed by atoms with Gasteiger partial charge in [-0.2, -0.15) is 0 Å². The number of aromatic nitrogens is 1. The summed E-state index contributed by atoms with van der Waals surface area (Å²) in [6, 6.07) is 6.60. The fraction of sp³-hybridized carbons (Fsp3) is 0.667. The molecule has 0 radical (unpaired) electrons. The number of nitrogens with zero attached hydrogens (tertiary/aromatic N) is 2. The molecule has 2 heterocycles. The number of aliphatic hydroxyl groups excluding tert-OH is 1. The number of carbonyl (C=O) groups excluding carboxylic acids is 1. The second kappa shape index (κ2) is 10.7. The molecule has 1 aromatic heterocycles. The van der Waals surface area contributed by atoms with Crippen LogP contribution in [0.5, 0.6) is 0 Å². The molecule has 0 spiro atoms. The lowest BCUT2D eigenvalue weighted by Gasteiger charge is -2.36. The van der Waals surface area contributed by atoms with Gasteiger partial charge in [-0.1, -0.05) is 6.07 Å². The summed E-state index contributed by atoms with van der Waals surface area (Å²) in [4.78, 5) is 16.5. The van der Waals surface area contributed by atoms with Crippen LogP contribution in [0.25, 0.3) is 0 Å². The van der Waals surface area contributed by atoms with Gasteiger partial charge in [0.25, 0.3) is 6.47 Å². The summed E-state index contributed by atoms with van der Waals surface area (Å²) in [7, 11) is 0. The molecule has 1 aliphatic heterocycles. The molecular weight excluding hydrogens is 372 g/mol. The number of carbonyl (C=O) groups is 1. The Balaban J connectivity index is 0.000000351. The summed E-state index contributed by atoms with van der Waals surface area (Å²) in [5.74, 6) is 1.06. The lowest BCUT2D eigenvalue weighted by atomic mass is 9.98. The Morgan fingerprint density at radius 1 is 1.42 bits per heavy atom. The number of pyridine rings is 1. The Morgan fingerprint density at radius 2 is 2.17 bits per heavy atom. The highest BCUT2D eigenvalue weighted by Crippen LogP contribution is 2.26. The highest BCUT2D eigenvalue weighted by Gasteiger charge is 2.23. The van der Waals surface area contributed by atoms with Crippen LogP contribution in [0.2, 0.25) is 0 Å². The Bertz CT molecular complexity index is 491. The van der Waals surface area contributed by atoms with Crippen molar-refractivity contribution in [1.29, 1.82) is 0 Å². The maximum Gasteiger partial charge on any atom is 0.293 e. The van der Waals surface area contributed by atoms with Crippen LogP contribution in [0.3, 0.4) is 0 Å². The van der Waals surface area contributed by atoms with Gasteiger partial charge < -0.3 is 14.7 Å². The molecule has 5 nitrogen and oxygen atoms in total. The van der Waals surface area contributed by atoms with Crippen molar-refractivity contribution >= 4 is 28.2 Å². The number of piperidine rings is 1. The summed E-state index contributed by atoms with van der Waals surface area (Å²) >= 11 is 3.42. The van der Waals surface area contributed by atoms with Crippen molar-refractivity contribution in [3.8, 4) is 0 Å². The van der Waals surface area contributed by atoms with Crippen molar-refractivity contribution in [1.82, 2.24) is 4.98 Å². The van der Waals surface area contributed by atoms with E-state index in [4.69, 9.17) is 5.11 Å². The van der Waals surface area contributed by atoms with Gasteiger partial charge in [0, 0.05) is 19.2 Å². The summed E-state index contributed by atoms with van der Waals surface area (Å²) in [6.07, 6.45) is 5.69. The average molecular weight is 401 g/mol. The summed E-state index contributed by atoms with van der Waals surface area (Å²) < 4.78 is 5.44. The van der Waals surface area contributed by atoms with E-state index in [1.165, 1.54) is 19.3 Å². The van der Waals surface area contributed by atoms with Gasteiger partial charge in [-0.05, 0) is 80.9 Å². The second-order valence-corrected chi connectivity index (χ2v) is 7.67. The van der Waals surface area contributed by atoms with Gasteiger partial charge in [-0.3, -0.25) is 4.79 Å². The van der Waals surface area contributed by atoms with Crippen molar-refractivity contribution in [2.24, 2.45) is 0 Å². The van der Waals surface area contributed by atoms with E-state index in [0.717, 1.165) is 29.8 Å². The predicted molar refractivity (Wildman–Crippen MR) is 100 cm³/mol. The summed E-state index contributed by atoms with van der Waals surface area (Å²) in [6.45, 7) is 7.29. The fourth-order valence-corrected chi connectivity index (χ4v) is 2.97. The van der Waals surface area contributed by atoms with E-state index >= 15 is 0 Å². The molecule has 6 heteroatoms. The highest BCUT2D eigenvalue weighted by molar-refractivity contribution is 9.10. The van der Waals surface area contributed by atoms with Crippen molar-refractivity contribution < 1.29 is 14.6 Å². The van der Waals surface area contributed by atoms with Crippen molar-refractivity contribution in [2.45, 2.75) is 64.5 Å². The zero-order valence-electron chi connectivity index (χ0n) is 14.9. The molecule has 1 N–H and O–H groups in total. The normalized spacial score (nSPS) is 17.7. The van der Waals surface area contributed by atoms with Crippen molar-refractivity contribution in [2.75, 3.05) is 18.1 Å². The topological polar surface area (TPSA) is 62.7 Å². The third kappa shape index (κ3) is 8.11. The van der Waals surface area contributed by atoms with Crippen LogP contribution in [0.1, 0.15) is 52.9 Å². The zero-order valence-corrected chi connectivity index (χ0v) is 16.5. The molecule has 24 heavy (non-hydrogen) atoms. The maximum absolute atomic E-state index is 9.60. The zero-order chi connectivity index (χ0) is 18.0. The molecule has 0 aliphatic carbocycles. The van der Waals surface area contributed by atoms with Gasteiger partial charge in [0.2, 0.25) is 0 Å². The average Bonchev–Trinajstić information content (AvgIpc) is 2.53. The number of hydrogen-bond donors (Lipinski definition) is 1. The molecule has 1 fully saturated rings. The lowest BCUT2D eigenvalue weighted by molar-refractivity contribution is -0.138.